The van der Waals surface area contributed by atoms with Gasteiger partial charge >= 0.3 is 5.69 Å². The smallest absolute Gasteiger partial charge is 0.346 e. The number of aromatic nitrogens is 3. The lowest BCUT2D eigenvalue weighted by Crippen LogP contribution is -2.36. The molecule has 2 aromatic carbocycles. The van der Waals surface area contributed by atoms with E-state index in [2.05, 4.69) is 22.5 Å². The number of rotatable bonds is 7. The predicted molar refractivity (Wildman–Crippen MR) is 116 cm³/mol. The minimum absolute atomic E-state index is 0.0481. The molecule has 6 heteroatoms. The number of carbonyl (C=O) groups excluding carboxylic acids is 1. The molecule has 0 radical (unpaired) electrons. The van der Waals surface area contributed by atoms with Crippen molar-refractivity contribution in [2.24, 2.45) is 0 Å². The third-order valence-electron chi connectivity index (χ3n) is 5.68. The number of carbonyl (C=O) groups is 1. The Hall–Kier alpha value is -3.15. The van der Waals surface area contributed by atoms with Gasteiger partial charge in [-0.25, -0.2) is 9.48 Å². The molecule has 6 nitrogen and oxygen atoms in total. The molecule has 1 aromatic heterocycles. The molecule has 156 valence electrons. The second kappa shape index (κ2) is 9.57. The van der Waals surface area contributed by atoms with Gasteiger partial charge in [-0.05, 0) is 36.8 Å². The summed E-state index contributed by atoms with van der Waals surface area (Å²) in [5, 5.41) is 7.55. The van der Waals surface area contributed by atoms with E-state index >= 15 is 0 Å². The Bertz CT molecular complexity index is 1020. The van der Waals surface area contributed by atoms with Gasteiger partial charge in [0.15, 0.2) is 0 Å². The molecular weight excluding hydrogens is 376 g/mol. The molecule has 0 bridgehead atoms. The van der Waals surface area contributed by atoms with Crippen molar-refractivity contribution >= 4 is 5.91 Å². The highest BCUT2D eigenvalue weighted by molar-refractivity contribution is 5.76. The lowest BCUT2D eigenvalue weighted by atomic mass is 9.99. The Kier molecular flexibility index (Phi) is 6.42. The zero-order valence-corrected chi connectivity index (χ0v) is 17.2. The Balaban J connectivity index is 1.46. The van der Waals surface area contributed by atoms with E-state index in [9.17, 15) is 9.59 Å². The summed E-state index contributed by atoms with van der Waals surface area (Å²) >= 11 is 0. The molecule has 0 spiro atoms. The zero-order chi connectivity index (χ0) is 20.8. The number of nitrogens with one attached hydrogen (secondary N) is 1. The number of aryl methyl sites for hydroxylation is 2. The van der Waals surface area contributed by atoms with Gasteiger partial charge in [0.2, 0.25) is 5.91 Å². The number of hydrogen-bond donors (Lipinski definition) is 1. The molecule has 0 saturated heterocycles. The van der Waals surface area contributed by atoms with Gasteiger partial charge in [-0.15, -0.1) is 0 Å². The van der Waals surface area contributed by atoms with Gasteiger partial charge in [-0.2, -0.15) is 5.10 Å². The van der Waals surface area contributed by atoms with E-state index in [1.807, 2.05) is 48.5 Å². The quantitative estimate of drug-likeness (QED) is 0.657. The van der Waals surface area contributed by atoms with Crippen molar-refractivity contribution in [3.05, 3.63) is 88.1 Å². The van der Waals surface area contributed by atoms with E-state index < -0.39 is 0 Å². The number of hydrogen-bond acceptors (Lipinski definition) is 3. The predicted octanol–water partition coefficient (Wildman–Crippen LogP) is 3.26. The van der Waals surface area contributed by atoms with Crippen LogP contribution in [-0.4, -0.2) is 20.3 Å². The maximum atomic E-state index is 12.8. The maximum absolute atomic E-state index is 12.8. The van der Waals surface area contributed by atoms with Crippen LogP contribution < -0.4 is 11.0 Å². The Morgan fingerprint density at radius 2 is 1.73 bits per heavy atom. The SMILES string of the molecule is O=C(Cn1nc2n(c1=O)CCCCC2)NC(CCc1ccccc1)c1ccccc1. The Labute approximate surface area is 176 Å². The Morgan fingerprint density at radius 1 is 1.00 bits per heavy atom. The molecule has 1 amide bonds. The van der Waals surface area contributed by atoms with Crippen LogP contribution in [0.3, 0.4) is 0 Å². The molecule has 1 aliphatic rings. The van der Waals surface area contributed by atoms with Gasteiger partial charge in [-0.3, -0.25) is 9.36 Å². The summed E-state index contributed by atoms with van der Waals surface area (Å²) in [6.07, 6.45) is 5.59. The van der Waals surface area contributed by atoms with E-state index in [1.54, 1.807) is 4.57 Å². The lowest BCUT2D eigenvalue weighted by Gasteiger charge is -2.19. The van der Waals surface area contributed by atoms with E-state index in [0.717, 1.165) is 49.9 Å². The first kappa shape index (κ1) is 20.1. The summed E-state index contributed by atoms with van der Waals surface area (Å²) in [6.45, 7) is 0.646. The van der Waals surface area contributed by atoms with Crippen molar-refractivity contribution in [2.75, 3.05) is 0 Å². The van der Waals surface area contributed by atoms with E-state index in [4.69, 9.17) is 0 Å². The molecule has 4 rings (SSSR count). The van der Waals surface area contributed by atoms with Crippen LogP contribution in [0.25, 0.3) is 0 Å². The molecule has 0 saturated carbocycles. The van der Waals surface area contributed by atoms with E-state index in [0.29, 0.717) is 6.54 Å². The van der Waals surface area contributed by atoms with E-state index in [-0.39, 0.29) is 24.2 Å². The largest absolute Gasteiger partial charge is 0.348 e. The highest BCUT2D eigenvalue weighted by atomic mass is 16.2. The summed E-state index contributed by atoms with van der Waals surface area (Å²) in [4.78, 5) is 25.5. The monoisotopic (exact) mass is 404 g/mol. The summed E-state index contributed by atoms with van der Waals surface area (Å²) in [6, 6.07) is 20.1. The van der Waals surface area contributed by atoms with Crippen LogP contribution in [-0.2, 0) is 30.7 Å². The van der Waals surface area contributed by atoms with Gasteiger partial charge in [0.05, 0.1) is 6.04 Å². The number of amides is 1. The average Bonchev–Trinajstić information content (AvgIpc) is 2.94. The van der Waals surface area contributed by atoms with Crippen molar-refractivity contribution < 1.29 is 4.79 Å². The first-order valence-corrected chi connectivity index (χ1v) is 10.8. The molecule has 2 heterocycles. The second-order valence-corrected chi connectivity index (χ2v) is 7.87. The first-order chi connectivity index (χ1) is 14.7. The van der Waals surface area contributed by atoms with Crippen LogP contribution in [0, 0.1) is 0 Å². The van der Waals surface area contributed by atoms with Crippen LogP contribution >= 0.6 is 0 Å². The topological polar surface area (TPSA) is 68.9 Å². The molecule has 0 aliphatic carbocycles. The standard InChI is InChI=1S/C24H28N4O2/c29-23(18-28-24(30)27-17-9-3-8-14-22(27)26-28)25-21(20-12-6-2-7-13-20)16-15-19-10-4-1-5-11-19/h1-2,4-7,10-13,21H,3,8-9,14-18H2,(H,25,29). The van der Waals surface area contributed by atoms with Crippen LogP contribution in [0.15, 0.2) is 65.5 Å². The van der Waals surface area contributed by atoms with Crippen molar-refractivity contribution in [3.63, 3.8) is 0 Å². The Morgan fingerprint density at radius 3 is 2.50 bits per heavy atom. The van der Waals surface area contributed by atoms with Gasteiger partial charge in [0, 0.05) is 13.0 Å². The molecule has 1 N–H and O–H groups in total. The minimum atomic E-state index is -0.188. The van der Waals surface area contributed by atoms with Crippen molar-refractivity contribution in [2.45, 2.75) is 57.7 Å². The number of fused-ring (bicyclic) bond motifs is 1. The highest BCUT2D eigenvalue weighted by Crippen LogP contribution is 2.19. The van der Waals surface area contributed by atoms with Gasteiger partial charge in [0.1, 0.15) is 12.4 Å². The molecule has 3 aromatic rings. The zero-order valence-electron chi connectivity index (χ0n) is 17.2. The average molecular weight is 405 g/mol. The summed E-state index contributed by atoms with van der Waals surface area (Å²) in [5.74, 6) is 0.612. The van der Waals surface area contributed by atoms with Gasteiger partial charge in [-0.1, -0.05) is 67.1 Å². The summed E-state index contributed by atoms with van der Waals surface area (Å²) < 4.78 is 3.04. The van der Waals surface area contributed by atoms with Crippen LogP contribution in [0.2, 0.25) is 0 Å². The molecule has 30 heavy (non-hydrogen) atoms. The number of nitrogens with zero attached hydrogens (tertiary/aromatic N) is 3. The first-order valence-electron chi connectivity index (χ1n) is 10.8. The molecule has 0 fully saturated rings. The minimum Gasteiger partial charge on any atom is -0.348 e. The van der Waals surface area contributed by atoms with Crippen LogP contribution in [0.4, 0.5) is 0 Å². The summed E-state index contributed by atoms with van der Waals surface area (Å²) in [7, 11) is 0. The fourth-order valence-electron chi connectivity index (χ4n) is 4.07. The van der Waals surface area contributed by atoms with Crippen LogP contribution in [0.1, 0.15) is 48.7 Å². The number of benzene rings is 2. The molecule has 1 atom stereocenters. The molecular formula is C24H28N4O2. The second-order valence-electron chi connectivity index (χ2n) is 7.87. The fourth-order valence-corrected chi connectivity index (χ4v) is 4.07. The van der Waals surface area contributed by atoms with Crippen molar-refractivity contribution in [1.82, 2.24) is 19.7 Å². The maximum Gasteiger partial charge on any atom is 0.346 e. The van der Waals surface area contributed by atoms with Gasteiger partial charge in [0.25, 0.3) is 0 Å². The normalized spacial score (nSPS) is 14.5. The lowest BCUT2D eigenvalue weighted by molar-refractivity contribution is -0.122. The molecule has 1 unspecified atom stereocenters. The van der Waals surface area contributed by atoms with Crippen molar-refractivity contribution in [1.29, 1.82) is 0 Å². The third-order valence-corrected chi connectivity index (χ3v) is 5.68. The van der Waals surface area contributed by atoms with Crippen LogP contribution in [0.5, 0.6) is 0 Å². The highest BCUT2D eigenvalue weighted by Gasteiger charge is 2.19. The third kappa shape index (κ3) is 4.87. The van der Waals surface area contributed by atoms with Crippen molar-refractivity contribution in [3.8, 4) is 0 Å². The fraction of sp³-hybridized carbons (Fsp3) is 0.375. The van der Waals surface area contributed by atoms with Gasteiger partial charge < -0.3 is 5.32 Å². The molecule has 1 aliphatic heterocycles. The summed E-state index contributed by atoms with van der Waals surface area (Å²) in [5.41, 5.74) is 2.12. The van der Waals surface area contributed by atoms with E-state index in [1.165, 1.54) is 10.2 Å².